The minimum Gasteiger partial charge on any atom is -0.396 e. The number of nitrogens with zero attached hydrogens (tertiary/aromatic N) is 2. The van der Waals surface area contributed by atoms with Gasteiger partial charge in [0, 0.05) is 25.7 Å². The van der Waals surface area contributed by atoms with Crippen LogP contribution in [0.1, 0.15) is 49.5 Å². The van der Waals surface area contributed by atoms with Gasteiger partial charge in [-0.05, 0) is 44.2 Å². The van der Waals surface area contributed by atoms with Gasteiger partial charge in [-0.25, -0.2) is 4.98 Å². The number of aliphatic hydroxyl groups is 1. The Labute approximate surface area is 126 Å². The van der Waals surface area contributed by atoms with E-state index in [4.69, 9.17) is 5.11 Å². The van der Waals surface area contributed by atoms with Crippen LogP contribution in [0.25, 0.3) is 0 Å². The van der Waals surface area contributed by atoms with Crippen LogP contribution in [0.15, 0.2) is 18.3 Å². The van der Waals surface area contributed by atoms with Crippen molar-refractivity contribution in [2.24, 2.45) is 0 Å². The van der Waals surface area contributed by atoms with E-state index in [0.717, 1.165) is 50.9 Å². The standard InChI is InChI=1S/C16H25N3O2/c1-2-9-17-13-7-8-15(18-12-13)16(21)19-10-3-5-14(19)6-4-11-20/h7-8,12,14,17,20H,2-6,9-11H2,1H3. The summed E-state index contributed by atoms with van der Waals surface area (Å²) in [6, 6.07) is 3.96. The van der Waals surface area contributed by atoms with Crippen LogP contribution < -0.4 is 5.32 Å². The molecule has 1 aromatic heterocycles. The Morgan fingerprint density at radius 1 is 1.52 bits per heavy atom. The first-order valence-electron chi connectivity index (χ1n) is 7.88. The molecule has 1 amide bonds. The fraction of sp³-hybridized carbons (Fsp3) is 0.625. The average molecular weight is 291 g/mol. The van der Waals surface area contributed by atoms with E-state index < -0.39 is 0 Å². The Kier molecular flexibility index (Phi) is 5.99. The molecule has 2 heterocycles. The molecule has 1 fully saturated rings. The van der Waals surface area contributed by atoms with Crippen LogP contribution in [-0.2, 0) is 0 Å². The zero-order valence-electron chi connectivity index (χ0n) is 12.7. The largest absolute Gasteiger partial charge is 0.396 e. The average Bonchev–Trinajstić information content (AvgIpc) is 2.99. The number of likely N-dealkylation sites (tertiary alicyclic amines) is 1. The van der Waals surface area contributed by atoms with Crippen LogP contribution in [0.3, 0.4) is 0 Å². The molecular weight excluding hydrogens is 266 g/mol. The van der Waals surface area contributed by atoms with Crippen LogP contribution in [-0.4, -0.2) is 46.6 Å². The maximum atomic E-state index is 12.5. The van der Waals surface area contributed by atoms with Crippen molar-refractivity contribution >= 4 is 11.6 Å². The second-order valence-electron chi connectivity index (χ2n) is 5.52. The summed E-state index contributed by atoms with van der Waals surface area (Å²) in [5.74, 6) is 0.0116. The molecule has 0 aromatic carbocycles. The molecule has 1 atom stereocenters. The number of aliphatic hydroxyl groups excluding tert-OH is 1. The molecule has 2 rings (SSSR count). The SMILES string of the molecule is CCCNc1ccc(C(=O)N2CCCC2CCCO)nc1. The number of amides is 1. The van der Waals surface area contributed by atoms with Crippen molar-refractivity contribution in [2.45, 2.75) is 45.1 Å². The van der Waals surface area contributed by atoms with Gasteiger partial charge in [0.25, 0.3) is 5.91 Å². The Morgan fingerprint density at radius 3 is 3.05 bits per heavy atom. The first-order valence-corrected chi connectivity index (χ1v) is 7.88. The highest BCUT2D eigenvalue weighted by atomic mass is 16.3. The van der Waals surface area contributed by atoms with E-state index in [-0.39, 0.29) is 18.6 Å². The summed E-state index contributed by atoms with van der Waals surface area (Å²) < 4.78 is 0. The van der Waals surface area contributed by atoms with Crippen molar-refractivity contribution < 1.29 is 9.90 Å². The fourth-order valence-corrected chi connectivity index (χ4v) is 2.77. The molecule has 0 aliphatic carbocycles. The second kappa shape index (κ2) is 7.98. The van der Waals surface area contributed by atoms with Crippen molar-refractivity contribution in [2.75, 3.05) is 25.0 Å². The highest BCUT2D eigenvalue weighted by Crippen LogP contribution is 2.23. The molecule has 0 radical (unpaired) electrons. The number of carbonyl (C=O) groups is 1. The number of pyridine rings is 1. The normalized spacial score (nSPS) is 18.0. The highest BCUT2D eigenvalue weighted by molar-refractivity contribution is 5.92. The summed E-state index contributed by atoms with van der Waals surface area (Å²) in [6.07, 6.45) is 6.47. The smallest absolute Gasteiger partial charge is 0.272 e. The lowest BCUT2D eigenvalue weighted by Crippen LogP contribution is -2.36. The molecule has 1 unspecified atom stereocenters. The molecule has 1 aliphatic rings. The summed E-state index contributed by atoms with van der Waals surface area (Å²) in [7, 11) is 0. The van der Waals surface area contributed by atoms with Crippen molar-refractivity contribution in [3.8, 4) is 0 Å². The van der Waals surface area contributed by atoms with Gasteiger partial charge >= 0.3 is 0 Å². The van der Waals surface area contributed by atoms with Crippen molar-refractivity contribution in [1.82, 2.24) is 9.88 Å². The summed E-state index contributed by atoms with van der Waals surface area (Å²) in [5, 5.41) is 12.2. The Morgan fingerprint density at radius 2 is 2.38 bits per heavy atom. The molecular formula is C16H25N3O2. The molecule has 1 saturated heterocycles. The Hall–Kier alpha value is -1.62. The van der Waals surface area contributed by atoms with Gasteiger partial charge in [0.05, 0.1) is 11.9 Å². The van der Waals surface area contributed by atoms with E-state index in [1.165, 1.54) is 0 Å². The van der Waals surface area contributed by atoms with E-state index in [1.54, 1.807) is 12.3 Å². The number of aromatic nitrogens is 1. The summed E-state index contributed by atoms with van der Waals surface area (Å²) in [6.45, 7) is 4.00. The molecule has 2 N–H and O–H groups in total. The van der Waals surface area contributed by atoms with Gasteiger partial charge in [-0.15, -0.1) is 0 Å². The fourth-order valence-electron chi connectivity index (χ4n) is 2.77. The topological polar surface area (TPSA) is 65.5 Å². The zero-order chi connectivity index (χ0) is 15.1. The van der Waals surface area contributed by atoms with Gasteiger partial charge in [0.2, 0.25) is 0 Å². The molecule has 0 saturated carbocycles. The number of nitrogens with one attached hydrogen (secondary N) is 1. The Bertz CT molecular complexity index is 447. The van der Waals surface area contributed by atoms with Crippen LogP contribution in [0.4, 0.5) is 5.69 Å². The van der Waals surface area contributed by atoms with Gasteiger partial charge in [-0.1, -0.05) is 6.92 Å². The Balaban J connectivity index is 1.98. The molecule has 1 aliphatic heterocycles. The van der Waals surface area contributed by atoms with Crippen molar-refractivity contribution in [3.05, 3.63) is 24.0 Å². The molecule has 116 valence electrons. The summed E-state index contributed by atoms with van der Waals surface area (Å²) >= 11 is 0. The highest BCUT2D eigenvalue weighted by Gasteiger charge is 2.29. The predicted molar refractivity (Wildman–Crippen MR) is 83.4 cm³/mol. The zero-order valence-corrected chi connectivity index (χ0v) is 12.7. The van der Waals surface area contributed by atoms with Gasteiger partial charge in [0.15, 0.2) is 0 Å². The maximum Gasteiger partial charge on any atom is 0.272 e. The third-order valence-corrected chi connectivity index (χ3v) is 3.90. The first kappa shape index (κ1) is 15.8. The lowest BCUT2D eigenvalue weighted by molar-refractivity contribution is 0.0718. The lowest BCUT2D eigenvalue weighted by atomic mass is 10.1. The molecule has 5 heteroatoms. The number of anilines is 1. The molecule has 0 spiro atoms. The van der Waals surface area contributed by atoms with Crippen molar-refractivity contribution in [3.63, 3.8) is 0 Å². The molecule has 21 heavy (non-hydrogen) atoms. The number of hydrogen-bond donors (Lipinski definition) is 2. The third kappa shape index (κ3) is 4.17. The third-order valence-electron chi connectivity index (χ3n) is 3.90. The minimum atomic E-state index is 0.0116. The number of hydrogen-bond acceptors (Lipinski definition) is 4. The van der Waals surface area contributed by atoms with Crippen LogP contribution in [0, 0.1) is 0 Å². The van der Waals surface area contributed by atoms with E-state index in [0.29, 0.717) is 5.69 Å². The maximum absolute atomic E-state index is 12.5. The monoisotopic (exact) mass is 291 g/mol. The van der Waals surface area contributed by atoms with Crippen LogP contribution in [0.5, 0.6) is 0 Å². The second-order valence-corrected chi connectivity index (χ2v) is 5.52. The summed E-state index contributed by atoms with van der Waals surface area (Å²) in [5.41, 5.74) is 1.46. The van der Waals surface area contributed by atoms with Gasteiger partial charge in [-0.3, -0.25) is 4.79 Å². The van der Waals surface area contributed by atoms with Gasteiger partial charge < -0.3 is 15.3 Å². The quantitative estimate of drug-likeness (QED) is 0.809. The van der Waals surface area contributed by atoms with E-state index in [1.807, 2.05) is 11.0 Å². The predicted octanol–water partition coefficient (Wildman–Crippen LogP) is 2.28. The van der Waals surface area contributed by atoms with E-state index in [2.05, 4.69) is 17.2 Å². The van der Waals surface area contributed by atoms with Crippen molar-refractivity contribution in [1.29, 1.82) is 0 Å². The van der Waals surface area contributed by atoms with Gasteiger partial charge in [0.1, 0.15) is 5.69 Å². The first-order chi connectivity index (χ1) is 10.3. The lowest BCUT2D eigenvalue weighted by Gasteiger charge is -2.24. The molecule has 5 nitrogen and oxygen atoms in total. The van der Waals surface area contributed by atoms with E-state index >= 15 is 0 Å². The summed E-state index contributed by atoms with van der Waals surface area (Å²) in [4.78, 5) is 18.7. The van der Waals surface area contributed by atoms with Crippen LogP contribution >= 0.6 is 0 Å². The number of rotatable bonds is 7. The minimum absolute atomic E-state index is 0.0116. The van der Waals surface area contributed by atoms with Crippen LogP contribution in [0.2, 0.25) is 0 Å². The van der Waals surface area contributed by atoms with Gasteiger partial charge in [-0.2, -0.15) is 0 Å². The number of carbonyl (C=O) groups excluding carboxylic acids is 1. The van der Waals surface area contributed by atoms with E-state index in [9.17, 15) is 4.79 Å². The molecule has 0 bridgehead atoms. The molecule has 1 aromatic rings.